The summed E-state index contributed by atoms with van der Waals surface area (Å²) in [7, 11) is 1.72. The summed E-state index contributed by atoms with van der Waals surface area (Å²) >= 11 is 0. The fraction of sp³-hybridized carbons (Fsp3) is 0.647. The second-order valence-electron chi connectivity index (χ2n) is 6.10. The molecule has 3 heteroatoms. The highest BCUT2D eigenvalue weighted by molar-refractivity contribution is 5.43. The van der Waals surface area contributed by atoms with Crippen LogP contribution in [0.1, 0.15) is 44.1 Å². The van der Waals surface area contributed by atoms with E-state index in [1.807, 2.05) is 0 Å². The molecule has 0 saturated heterocycles. The molecule has 0 heterocycles. The SMILES string of the molecule is COc1cc(CNC2CC2)ccc1OCC1CCCC1. The van der Waals surface area contributed by atoms with Crippen molar-refractivity contribution < 1.29 is 9.47 Å². The molecule has 2 aliphatic carbocycles. The molecule has 0 unspecified atom stereocenters. The molecule has 3 rings (SSSR count). The van der Waals surface area contributed by atoms with E-state index in [2.05, 4.69) is 23.5 Å². The van der Waals surface area contributed by atoms with Gasteiger partial charge in [-0.05, 0) is 49.3 Å². The van der Waals surface area contributed by atoms with Crippen LogP contribution >= 0.6 is 0 Å². The average Bonchev–Trinajstić information content (AvgIpc) is 3.17. The van der Waals surface area contributed by atoms with Crippen molar-refractivity contribution >= 4 is 0 Å². The lowest BCUT2D eigenvalue weighted by Gasteiger charge is -2.15. The summed E-state index contributed by atoms with van der Waals surface area (Å²) in [6.45, 7) is 1.75. The summed E-state index contributed by atoms with van der Waals surface area (Å²) in [6, 6.07) is 7.03. The third-order valence-corrected chi connectivity index (χ3v) is 4.35. The molecule has 3 nitrogen and oxygen atoms in total. The first kappa shape index (κ1) is 13.7. The number of hydrogen-bond donors (Lipinski definition) is 1. The summed E-state index contributed by atoms with van der Waals surface area (Å²) in [5.74, 6) is 2.48. The Labute approximate surface area is 121 Å². The highest BCUT2D eigenvalue weighted by Crippen LogP contribution is 2.31. The zero-order valence-electron chi connectivity index (χ0n) is 12.4. The Morgan fingerprint density at radius 1 is 1.10 bits per heavy atom. The number of ether oxygens (including phenoxy) is 2. The van der Waals surface area contributed by atoms with Crippen LogP contribution < -0.4 is 14.8 Å². The van der Waals surface area contributed by atoms with Gasteiger partial charge in [-0.1, -0.05) is 18.9 Å². The molecule has 0 aromatic heterocycles. The maximum atomic E-state index is 5.96. The molecule has 0 amide bonds. The smallest absolute Gasteiger partial charge is 0.161 e. The lowest BCUT2D eigenvalue weighted by atomic mass is 10.1. The Bertz CT molecular complexity index is 437. The van der Waals surface area contributed by atoms with Crippen molar-refractivity contribution in [2.24, 2.45) is 5.92 Å². The first-order valence-electron chi connectivity index (χ1n) is 7.88. The van der Waals surface area contributed by atoms with Gasteiger partial charge < -0.3 is 14.8 Å². The van der Waals surface area contributed by atoms with Crippen molar-refractivity contribution in [3.63, 3.8) is 0 Å². The Balaban J connectivity index is 1.57. The third kappa shape index (κ3) is 3.66. The topological polar surface area (TPSA) is 30.5 Å². The molecule has 110 valence electrons. The molecule has 0 atom stereocenters. The van der Waals surface area contributed by atoms with Crippen molar-refractivity contribution in [1.29, 1.82) is 0 Å². The van der Waals surface area contributed by atoms with Gasteiger partial charge in [-0.2, -0.15) is 0 Å². The van der Waals surface area contributed by atoms with Crippen LogP contribution in [0.15, 0.2) is 18.2 Å². The molecule has 0 aliphatic heterocycles. The molecule has 2 fully saturated rings. The van der Waals surface area contributed by atoms with Crippen LogP contribution in [0.25, 0.3) is 0 Å². The molecule has 0 bridgehead atoms. The first-order valence-corrected chi connectivity index (χ1v) is 7.88. The summed E-state index contributed by atoms with van der Waals surface area (Å²) in [4.78, 5) is 0. The highest BCUT2D eigenvalue weighted by Gasteiger charge is 2.20. The number of hydrogen-bond acceptors (Lipinski definition) is 3. The van der Waals surface area contributed by atoms with E-state index in [0.29, 0.717) is 0 Å². The van der Waals surface area contributed by atoms with E-state index in [0.717, 1.165) is 36.6 Å². The lowest BCUT2D eigenvalue weighted by Crippen LogP contribution is -2.15. The van der Waals surface area contributed by atoms with E-state index in [-0.39, 0.29) is 0 Å². The third-order valence-electron chi connectivity index (χ3n) is 4.35. The number of benzene rings is 1. The maximum Gasteiger partial charge on any atom is 0.161 e. The van der Waals surface area contributed by atoms with Crippen molar-refractivity contribution in [2.75, 3.05) is 13.7 Å². The van der Waals surface area contributed by atoms with E-state index in [9.17, 15) is 0 Å². The molecule has 2 saturated carbocycles. The second-order valence-corrected chi connectivity index (χ2v) is 6.10. The summed E-state index contributed by atoms with van der Waals surface area (Å²) in [5.41, 5.74) is 1.27. The van der Waals surface area contributed by atoms with E-state index in [4.69, 9.17) is 9.47 Å². The van der Waals surface area contributed by atoms with Crippen LogP contribution in [0.5, 0.6) is 11.5 Å². The molecular formula is C17H25NO2. The van der Waals surface area contributed by atoms with E-state index >= 15 is 0 Å². The van der Waals surface area contributed by atoms with Gasteiger partial charge in [-0.25, -0.2) is 0 Å². The van der Waals surface area contributed by atoms with Gasteiger partial charge in [-0.15, -0.1) is 0 Å². The molecule has 0 radical (unpaired) electrons. The minimum Gasteiger partial charge on any atom is -0.493 e. The van der Waals surface area contributed by atoms with Gasteiger partial charge in [-0.3, -0.25) is 0 Å². The molecule has 1 aromatic carbocycles. The van der Waals surface area contributed by atoms with Crippen molar-refractivity contribution in [1.82, 2.24) is 5.32 Å². The average molecular weight is 275 g/mol. The predicted molar refractivity (Wildman–Crippen MR) is 80.3 cm³/mol. The number of nitrogens with one attached hydrogen (secondary N) is 1. The van der Waals surface area contributed by atoms with Gasteiger partial charge in [0.2, 0.25) is 0 Å². The Kier molecular flexibility index (Phi) is 4.46. The Hall–Kier alpha value is -1.22. The van der Waals surface area contributed by atoms with E-state index < -0.39 is 0 Å². The van der Waals surface area contributed by atoms with Crippen molar-refractivity contribution in [3.8, 4) is 11.5 Å². The zero-order chi connectivity index (χ0) is 13.8. The maximum absolute atomic E-state index is 5.96. The fourth-order valence-electron chi connectivity index (χ4n) is 2.88. The lowest BCUT2D eigenvalue weighted by molar-refractivity contribution is 0.240. The van der Waals surface area contributed by atoms with Gasteiger partial charge in [0.15, 0.2) is 11.5 Å². The van der Waals surface area contributed by atoms with Crippen LogP contribution in [-0.2, 0) is 6.54 Å². The normalized spacial score (nSPS) is 19.2. The molecule has 0 spiro atoms. The van der Waals surface area contributed by atoms with Crippen LogP contribution in [0.4, 0.5) is 0 Å². The van der Waals surface area contributed by atoms with Crippen molar-refractivity contribution in [2.45, 2.75) is 51.1 Å². The fourth-order valence-corrected chi connectivity index (χ4v) is 2.88. The molecule has 2 aliphatic rings. The quantitative estimate of drug-likeness (QED) is 0.826. The van der Waals surface area contributed by atoms with Crippen LogP contribution in [0, 0.1) is 5.92 Å². The van der Waals surface area contributed by atoms with Crippen molar-refractivity contribution in [3.05, 3.63) is 23.8 Å². The van der Waals surface area contributed by atoms with Gasteiger partial charge >= 0.3 is 0 Å². The zero-order valence-corrected chi connectivity index (χ0v) is 12.4. The Morgan fingerprint density at radius 3 is 2.60 bits per heavy atom. The Morgan fingerprint density at radius 2 is 1.90 bits per heavy atom. The number of methoxy groups -OCH3 is 1. The minimum atomic E-state index is 0.732. The van der Waals surface area contributed by atoms with Gasteiger partial charge in [0.25, 0.3) is 0 Å². The number of rotatable bonds is 7. The summed E-state index contributed by atoms with van der Waals surface area (Å²) in [5, 5.41) is 3.52. The molecular weight excluding hydrogens is 250 g/mol. The highest BCUT2D eigenvalue weighted by atomic mass is 16.5. The standard InChI is InChI=1S/C17H25NO2/c1-19-17-10-14(11-18-15-7-8-15)6-9-16(17)20-12-13-4-2-3-5-13/h6,9-10,13,15,18H,2-5,7-8,11-12H2,1H3. The molecule has 20 heavy (non-hydrogen) atoms. The van der Waals surface area contributed by atoms with Gasteiger partial charge in [0.05, 0.1) is 13.7 Å². The first-order chi connectivity index (χ1) is 9.85. The van der Waals surface area contributed by atoms with Crippen LogP contribution in [0.2, 0.25) is 0 Å². The van der Waals surface area contributed by atoms with E-state index in [1.165, 1.54) is 44.1 Å². The monoisotopic (exact) mass is 275 g/mol. The largest absolute Gasteiger partial charge is 0.493 e. The van der Waals surface area contributed by atoms with Crippen LogP contribution in [0.3, 0.4) is 0 Å². The van der Waals surface area contributed by atoms with Crippen LogP contribution in [-0.4, -0.2) is 19.8 Å². The van der Waals surface area contributed by atoms with Gasteiger partial charge in [0.1, 0.15) is 0 Å². The summed E-state index contributed by atoms with van der Waals surface area (Å²) < 4.78 is 11.4. The summed E-state index contributed by atoms with van der Waals surface area (Å²) in [6.07, 6.45) is 7.98. The molecule has 1 N–H and O–H groups in total. The molecule has 1 aromatic rings. The second kappa shape index (κ2) is 6.49. The minimum absolute atomic E-state index is 0.732. The van der Waals surface area contributed by atoms with E-state index in [1.54, 1.807) is 7.11 Å². The predicted octanol–water partition coefficient (Wildman–Crippen LogP) is 3.52. The van der Waals surface area contributed by atoms with Gasteiger partial charge in [0, 0.05) is 12.6 Å².